The molecule has 6 fully saturated rings. The number of ether oxygens (including phenoxy) is 23. The molecule has 56 nitrogen and oxygen atoms in total. The smallest absolute Gasteiger partial charge is 0.463 e. The van der Waals surface area contributed by atoms with E-state index >= 15 is 0 Å². The van der Waals surface area contributed by atoms with Crippen molar-refractivity contribution < 1.29 is 253 Å². The first-order valence-electron chi connectivity index (χ1n) is 45.8. The van der Waals surface area contributed by atoms with Crippen LogP contribution >= 0.6 is 7.82 Å². The number of carbonyl (C=O) groups is 20. The van der Waals surface area contributed by atoms with Crippen LogP contribution in [-0.4, -0.2) is 321 Å². The highest BCUT2D eigenvalue weighted by atomic mass is 31.2. The van der Waals surface area contributed by atoms with Gasteiger partial charge in [-0.05, 0) is 56.4 Å². The molecule has 30 atom stereocenters. The van der Waals surface area contributed by atoms with Gasteiger partial charge in [-0.2, -0.15) is 0 Å². The van der Waals surface area contributed by atoms with Crippen LogP contribution < -0.4 is 25.5 Å². The third kappa shape index (κ3) is 44.3. The van der Waals surface area contributed by atoms with E-state index in [1.807, 2.05) is 13.8 Å². The highest BCUT2D eigenvalue weighted by Gasteiger charge is 2.58. The summed E-state index contributed by atoms with van der Waals surface area (Å²) in [5.74, 6) is -11.2. The second kappa shape index (κ2) is 65.1. The summed E-state index contributed by atoms with van der Waals surface area (Å²) in [5.41, 5.74) is 7.23. The van der Waals surface area contributed by atoms with Gasteiger partial charge in [-0.15, -0.1) is 16.4 Å². The molecule has 6 aliphatic heterocycles. The molecule has 0 bridgehead atoms. The van der Waals surface area contributed by atoms with Crippen LogP contribution in [0.15, 0.2) is 60.7 Å². The Bertz CT molecular complexity index is 4580. The Hall–Kier alpha value is -12.9. The van der Waals surface area contributed by atoms with E-state index in [0.29, 0.717) is 32.1 Å². The molecular weight excluding hydrogens is 2010 g/mol. The molecule has 832 valence electrons. The number of aliphatic hydroxyl groups excluding tert-OH is 3. The van der Waals surface area contributed by atoms with Gasteiger partial charge in [0, 0.05) is 124 Å². The average molecular weight is 2140 g/mol. The largest absolute Gasteiger partial charge is 0.590 e. The molecule has 148 heavy (non-hydrogen) atoms. The van der Waals surface area contributed by atoms with Gasteiger partial charge >= 0.3 is 129 Å². The Kier molecular flexibility index (Phi) is 56.9. The number of nitrogens with one attached hydrogen (secondary N) is 3. The lowest BCUT2D eigenvalue weighted by atomic mass is 9.89. The fourth-order valence-corrected chi connectivity index (χ4v) is 16.2. The van der Waals surface area contributed by atoms with Gasteiger partial charge in [-0.1, -0.05) is 77.9 Å². The van der Waals surface area contributed by atoms with E-state index in [2.05, 4.69) is 31.0 Å². The monoisotopic (exact) mass is 2140 g/mol. The molecule has 0 spiro atoms. The second-order valence-electron chi connectivity index (χ2n) is 32.2. The number of hydrogen-bond acceptors (Lipinski definition) is 56. The second-order valence-corrected chi connectivity index (χ2v) is 33.7. The van der Waals surface area contributed by atoms with Crippen molar-refractivity contribution in [3.63, 3.8) is 0 Å². The van der Waals surface area contributed by atoms with Crippen LogP contribution in [0.4, 0.5) is 0 Å². The van der Waals surface area contributed by atoms with Crippen molar-refractivity contribution in [2.45, 2.75) is 369 Å². The highest BCUT2D eigenvalue weighted by molar-refractivity contribution is 7.49. The Labute approximate surface area is 848 Å². The van der Waals surface area contributed by atoms with Crippen LogP contribution in [-0.2, 0) is 228 Å². The molecule has 8 rings (SSSR count). The Morgan fingerprint density at radius 1 is 0.284 bits per heavy atom. The van der Waals surface area contributed by atoms with Gasteiger partial charge in [0.25, 0.3) is 0 Å². The number of rotatable bonds is 38. The summed E-state index contributed by atoms with van der Waals surface area (Å²) in [6.45, 7) is 30.5. The summed E-state index contributed by atoms with van der Waals surface area (Å²) in [6.07, 6.45) is -27.0. The predicted molar refractivity (Wildman–Crippen MR) is 482 cm³/mol. The molecular formula is C91H130N3O53P. The molecule has 57 heteroatoms. The van der Waals surface area contributed by atoms with E-state index in [9.17, 15) is 116 Å². The third-order valence-corrected chi connectivity index (χ3v) is 21.7. The molecule has 6 saturated heterocycles. The predicted octanol–water partition coefficient (Wildman–Crippen LogP) is 2.09. The molecule has 0 amide bonds. The minimum Gasteiger partial charge on any atom is -0.463 e. The summed E-state index contributed by atoms with van der Waals surface area (Å²) in [7, 11) is -4.52. The minimum atomic E-state index is -4.52. The van der Waals surface area contributed by atoms with E-state index < -0.39 is 281 Å². The summed E-state index contributed by atoms with van der Waals surface area (Å²) in [6, 6.07) is 13.7. The summed E-state index contributed by atoms with van der Waals surface area (Å²) in [5, 5.41) is 30.4. The van der Waals surface area contributed by atoms with Crippen LogP contribution in [0.3, 0.4) is 0 Å². The maximum absolute atomic E-state index is 13.9. The molecule has 0 radical (unpaired) electrons. The zero-order valence-corrected chi connectivity index (χ0v) is 86.2. The fraction of sp³-hybridized carbons (Fsp3) is 0.648. The van der Waals surface area contributed by atoms with Gasteiger partial charge in [-0.25, -0.2) is 9.09 Å². The molecule has 6 N–H and O–H groups in total. The summed E-state index contributed by atoms with van der Waals surface area (Å²) in [4.78, 5) is 238. The van der Waals surface area contributed by atoms with Gasteiger partial charge in [0.05, 0.1) is 30.5 Å². The maximum atomic E-state index is 13.9. The molecule has 2 aromatic rings. The van der Waals surface area contributed by atoms with E-state index in [1.54, 1.807) is 88.4 Å². The highest BCUT2D eigenvalue weighted by Crippen LogP contribution is 2.53. The van der Waals surface area contributed by atoms with Gasteiger partial charge in [0.2, 0.25) is 55.9 Å². The lowest BCUT2D eigenvalue weighted by molar-refractivity contribution is -0.298. The number of aliphatic hydroxyl groups is 3. The number of hydroxylamine groups is 3. The first-order chi connectivity index (χ1) is 69.6. The van der Waals surface area contributed by atoms with E-state index in [-0.39, 0.29) is 49.5 Å². The maximum Gasteiger partial charge on any atom is 0.590 e. The van der Waals surface area contributed by atoms with Crippen molar-refractivity contribution in [3.05, 3.63) is 60.7 Å². The normalized spacial score (nSPS) is 29.0. The van der Waals surface area contributed by atoms with Crippen LogP contribution in [0.2, 0.25) is 0 Å². The number of para-hydroxylation sites is 2. The number of hydrogen-bond donors (Lipinski definition) is 6. The minimum absolute atomic E-state index is 0.135. The van der Waals surface area contributed by atoms with Crippen molar-refractivity contribution in [1.29, 1.82) is 0 Å². The molecule has 0 aliphatic carbocycles. The van der Waals surface area contributed by atoms with Crippen LogP contribution in [0.1, 0.15) is 191 Å². The van der Waals surface area contributed by atoms with Crippen LogP contribution in [0.5, 0.6) is 11.5 Å². The van der Waals surface area contributed by atoms with Gasteiger partial charge in [0.1, 0.15) is 60.6 Å². The van der Waals surface area contributed by atoms with Gasteiger partial charge < -0.3 is 148 Å². The van der Waals surface area contributed by atoms with Crippen molar-refractivity contribution in [1.82, 2.24) is 16.4 Å². The molecule has 6 heterocycles. The zero-order chi connectivity index (χ0) is 112. The van der Waals surface area contributed by atoms with Crippen LogP contribution in [0, 0.1) is 5.92 Å². The lowest BCUT2D eigenvalue weighted by Crippen LogP contribution is -2.65. The third-order valence-electron chi connectivity index (χ3n) is 20.4. The zero-order valence-electron chi connectivity index (χ0n) is 85.3. The van der Waals surface area contributed by atoms with E-state index in [0.717, 1.165) is 76.2 Å². The number of phosphoric acid groups is 1. The summed E-state index contributed by atoms with van der Waals surface area (Å²) >= 11 is 0. The topological polar surface area (TPSA) is 723 Å². The van der Waals surface area contributed by atoms with Crippen molar-refractivity contribution in [3.8, 4) is 11.5 Å². The number of phosphoric ester groups is 1. The van der Waals surface area contributed by atoms with Crippen molar-refractivity contribution in [2.24, 2.45) is 5.92 Å². The fourth-order valence-electron chi connectivity index (χ4n) is 14.9. The van der Waals surface area contributed by atoms with Gasteiger partial charge in [0.15, 0.2) is 49.0 Å². The number of esters is 17. The standard InChI is InChI=1S/C24H28NO11P.C14H21NO9.C14H20O10.C14H22O7.C13H20O8.C12H19NO8/c1-4-20-21(25-30-15-26)22(31-16(2)27)23(32-17(3)28)24(33-20)36-37(29,34-18-11-7-5-8-12-18)35-19-13-9-6-10-14-19;1-5-10-11(15-20-6-16)12(21-7(2)17)13(22-8(3)18)14(24-10)23-9(4)19;1-6(15)20-5-10-11(19)12(21-7(2)16)13(22-8(3)17)14(24-10)23-9(4)18;1-6-11-7(2)12(18-8(3)15)13(19-9(4)16)14(21-11)20-10(5)17;1-5-9-10(17)11(18-6(2)14)12(19-7(3)15)13(21-9)20-8(4)16;1-4-8-9(13-18-5-14)10(19-6(2)15)11(12(17)21-8)20-7(3)16/h5-15,20-25H,4H2,1-3H3;6,10-15H,5H2,1-4H3;10-14,19H,5H2,1-4H3;7,11-14H,6H2,1-5H3;9-13,17H,5H2,1-4H3;5,8-13,17H,4H2,1-3H3/t20-,21?,22+,23+,24-;10-,11?,12+,13+,14+;10-,11-,12+,13+,14+;7-,11-,12+,13+,14+;9-,10-,11+,12+,13+;8-,9?,10+,11+,12?/m111111/s1. The quantitative estimate of drug-likeness (QED) is 0.0184. The Balaban J connectivity index is 0.000000463. The summed E-state index contributed by atoms with van der Waals surface area (Å²) < 4.78 is 151. The molecule has 4 unspecified atom stereocenters. The average Bonchev–Trinajstić information content (AvgIpc) is 0.773. The van der Waals surface area contributed by atoms with Crippen molar-refractivity contribution in [2.75, 3.05) is 6.61 Å². The molecule has 0 saturated carbocycles. The number of benzene rings is 2. The molecule has 6 aliphatic rings. The van der Waals surface area contributed by atoms with E-state index in [4.69, 9.17) is 123 Å². The number of carbonyl (C=O) groups excluding carboxylic acids is 20. The van der Waals surface area contributed by atoms with E-state index in [1.165, 1.54) is 41.5 Å². The first kappa shape index (κ1) is 129. The van der Waals surface area contributed by atoms with Gasteiger partial charge in [-0.3, -0.25) is 95.9 Å². The van der Waals surface area contributed by atoms with Crippen LogP contribution in [0.25, 0.3) is 0 Å². The molecule has 2 aromatic carbocycles. The van der Waals surface area contributed by atoms with Crippen molar-refractivity contribution >= 4 is 129 Å². The Morgan fingerprint density at radius 3 is 0.811 bits per heavy atom. The SMILES string of the molecule is CC(=O)OC[C@H]1O[C@H](OC(C)=O)[C@@H](OC(C)=O)[C@@H](OC(C)=O)[C@@H]1O.CC[C@H]1OC(O)[C@@H](OC(C)=O)[C@@H](OC(C)=O)C1NOC=O.CC[C@H]1O[C@H](OC(C)=O)[C@@H](OC(C)=O)[C@@H](OC(C)=O)C1NOC=O.CC[C@H]1O[C@H](OC(C)=O)[C@@H](OC(C)=O)[C@@H](OC(C)=O)[C@@H]1C.CC[C@H]1O[C@H](OC(C)=O)[C@@H](OC(C)=O)[C@@H](OC(C)=O)[C@@H]1O.CC[C@H]1O[C@H](OP(=O)(Oc2ccccc2)Oc2ccccc2)[C@@H](OC(C)=O)[C@@H](OC(C)=O)C1NOC=O. The first-order valence-corrected chi connectivity index (χ1v) is 47.2. The molecule has 0 aromatic heterocycles. The lowest BCUT2D eigenvalue weighted by Gasteiger charge is -2.44. The Morgan fingerprint density at radius 2 is 0.514 bits per heavy atom.